The predicted octanol–water partition coefficient (Wildman–Crippen LogP) is 4.42. The van der Waals surface area contributed by atoms with Crippen molar-refractivity contribution in [2.45, 2.75) is 57.1 Å². The van der Waals surface area contributed by atoms with Crippen molar-refractivity contribution in [1.82, 2.24) is 29.5 Å². The lowest BCUT2D eigenvalue weighted by molar-refractivity contribution is -0.142. The van der Waals surface area contributed by atoms with Crippen molar-refractivity contribution in [3.8, 4) is 23.7 Å². The second-order valence-corrected chi connectivity index (χ2v) is 13.8. The molecule has 4 heterocycles. The van der Waals surface area contributed by atoms with Crippen LogP contribution in [0.15, 0.2) is 47.3 Å². The average molecular weight is 674 g/mol. The Balaban J connectivity index is 1.12. The molecule has 1 atom stereocenters. The summed E-state index contributed by atoms with van der Waals surface area (Å²) < 4.78 is 7.48. The van der Waals surface area contributed by atoms with Crippen LogP contribution in [0.4, 0.5) is 10.5 Å². The van der Waals surface area contributed by atoms with Gasteiger partial charge >= 0.3 is 11.8 Å². The quantitative estimate of drug-likeness (QED) is 0.281. The number of anilines is 1. The highest BCUT2D eigenvalue weighted by molar-refractivity contribution is 6.33. The van der Waals surface area contributed by atoms with Crippen LogP contribution in [0.2, 0.25) is 5.02 Å². The average Bonchev–Trinajstić information content (AvgIpc) is 3.51. The third-order valence-electron chi connectivity index (χ3n) is 10.3. The molecule has 3 N–H and O–H groups in total. The molecule has 0 bridgehead atoms. The normalized spacial score (nSPS) is 19.2. The van der Waals surface area contributed by atoms with Gasteiger partial charge in [0.1, 0.15) is 0 Å². The largest absolute Gasteiger partial charge is 0.436 e. The molecule has 0 spiro atoms. The van der Waals surface area contributed by atoms with Gasteiger partial charge in [-0.1, -0.05) is 47.9 Å². The number of amides is 2. The number of nitrogen functional groups attached to an aromatic ring is 1. The summed E-state index contributed by atoms with van der Waals surface area (Å²) in [6.45, 7) is 4.24. The number of rotatable bonds is 7. The molecule has 3 aliphatic heterocycles. The fourth-order valence-corrected chi connectivity index (χ4v) is 7.64. The van der Waals surface area contributed by atoms with E-state index in [1.807, 2.05) is 35.2 Å². The van der Waals surface area contributed by atoms with Gasteiger partial charge in [0.05, 0.1) is 16.8 Å². The van der Waals surface area contributed by atoms with Gasteiger partial charge in [-0.05, 0) is 88.2 Å². The van der Waals surface area contributed by atoms with Crippen LogP contribution in [0.25, 0.3) is 11.4 Å². The van der Waals surface area contributed by atoms with E-state index in [1.165, 1.54) is 17.5 Å². The maximum atomic E-state index is 14.0. The lowest BCUT2D eigenvalue weighted by Crippen LogP contribution is -2.49. The topological polar surface area (TPSA) is 130 Å². The van der Waals surface area contributed by atoms with Crippen LogP contribution in [0, 0.1) is 24.2 Å². The highest BCUT2D eigenvalue weighted by atomic mass is 35.5. The third-order valence-corrected chi connectivity index (χ3v) is 10.6. The molecule has 6 rings (SSSR count). The van der Waals surface area contributed by atoms with Crippen LogP contribution in [0.3, 0.4) is 0 Å². The van der Waals surface area contributed by atoms with Gasteiger partial charge in [0.2, 0.25) is 0 Å². The summed E-state index contributed by atoms with van der Waals surface area (Å²) in [5.74, 6) is 4.14. The minimum absolute atomic E-state index is 0.121. The molecule has 254 valence electrons. The van der Waals surface area contributed by atoms with Crippen LogP contribution >= 0.6 is 11.6 Å². The first-order chi connectivity index (χ1) is 23.2. The molecular formula is C36H44ClN7O4. The molecule has 3 saturated heterocycles. The highest BCUT2D eigenvalue weighted by Gasteiger charge is 2.36. The Labute approximate surface area is 286 Å². The molecule has 48 heavy (non-hydrogen) atoms. The molecule has 0 saturated carbocycles. The van der Waals surface area contributed by atoms with Gasteiger partial charge in [-0.25, -0.2) is 14.3 Å². The van der Waals surface area contributed by atoms with Gasteiger partial charge in [-0.15, -0.1) is 11.5 Å². The number of likely N-dealkylation sites (tertiary alicyclic amines) is 3. The smallest absolute Gasteiger partial charge is 0.410 e. The van der Waals surface area contributed by atoms with E-state index >= 15 is 0 Å². The minimum atomic E-state index is -1.05. The van der Waals surface area contributed by atoms with Gasteiger partial charge in [0.15, 0.2) is 11.9 Å². The number of nitrogens with zero attached hydrogens (tertiary/aromatic N) is 5. The summed E-state index contributed by atoms with van der Waals surface area (Å²) in [5, 5.41) is 4.83. The standard InChI is InChI=1S/C36H44ClN7O4/c1-3-25-21-24(22-30(37)32(25)38)23-31(34(45)42-17-11-27(12-18-42)26-9-15-41(2)16-10-26)48-36(47)43-19-13-29(14-20-43)44-35(46)39-33(40-44)28-7-5-4-6-8-28/h1,4-8,21-22,26-27,29,31H,9-20,23,38H2,2H3,(H,39,40,46)/t31-/m1/s1. The predicted molar refractivity (Wildman–Crippen MR) is 185 cm³/mol. The summed E-state index contributed by atoms with van der Waals surface area (Å²) in [4.78, 5) is 49.0. The van der Waals surface area contributed by atoms with Gasteiger partial charge in [-0.2, -0.15) is 0 Å². The first kappa shape index (κ1) is 33.6. The number of hydrogen-bond donors (Lipinski definition) is 2. The van der Waals surface area contributed by atoms with Crippen LogP contribution in [-0.2, 0) is 16.0 Å². The Kier molecular flexibility index (Phi) is 10.4. The fraction of sp³-hybridized carbons (Fsp3) is 0.500. The van der Waals surface area contributed by atoms with E-state index in [0.717, 1.165) is 31.5 Å². The fourth-order valence-electron chi connectivity index (χ4n) is 7.40. The summed E-state index contributed by atoms with van der Waals surface area (Å²) in [6.07, 6.45) is 9.51. The Hall–Kier alpha value is -4.27. The number of nitrogens with one attached hydrogen (secondary N) is 1. The minimum Gasteiger partial charge on any atom is -0.436 e. The molecule has 3 aromatic rings. The number of hydrogen-bond acceptors (Lipinski definition) is 7. The third kappa shape index (κ3) is 7.55. The molecule has 0 aliphatic carbocycles. The molecule has 12 heteroatoms. The number of ether oxygens (including phenoxy) is 1. The molecular weight excluding hydrogens is 630 g/mol. The summed E-state index contributed by atoms with van der Waals surface area (Å²) in [6, 6.07) is 12.7. The lowest BCUT2D eigenvalue weighted by Gasteiger charge is -2.40. The van der Waals surface area contributed by atoms with Crippen molar-refractivity contribution < 1.29 is 14.3 Å². The van der Waals surface area contributed by atoms with Gasteiger partial charge in [-0.3, -0.25) is 9.78 Å². The number of H-pyrrole nitrogens is 1. The Morgan fingerprint density at radius 1 is 1.00 bits per heavy atom. The molecule has 0 unspecified atom stereocenters. The van der Waals surface area contributed by atoms with Crippen LogP contribution in [0.5, 0.6) is 0 Å². The van der Waals surface area contributed by atoms with E-state index in [0.29, 0.717) is 78.5 Å². The SMILES string of the molecule is C#Cc1cc(C[C@@H](OC(=O)N2CCC(n3nc(-c4ccccc4)[nH]c3=O)CC2)C(=O)N2CCC(C3CCN(C)CC3)CC2)cc(Cl)c1N. The second kappa shape index (κ2) is 14.9. The van der Waals surface area contributed by atoms with Gasteiger partial charge < -0.3 is 25.2 Å². The molecule has 3 fully saturated rings. The summed E-state index contributed by atoms with van der Waals surface area (Å²) in [5.41, 5.74) is 7.99. The Morgan fingerprint density at radius 2 is 1.62 bits per heavy atom. The second-order valence-electron chi connectivity index (χ2n) is 13.4. The lowest BCUT2D eigenvalue weighted by atomic mass is 9.79. The van der Waals surface area contributed by atoms with Crippen LogP contribution < -0.4 is 11.4 Å². The number of terminal acetylenes is 1. The van der Waals surface area contributed by atoms with Crippen molar-refractivity contribution in [3.63, 3.8) is 0 Å². The zero-order valence-corrected chi connectivity index (χ0v) is 28.2. The maximum absolute atomic E-state index is 14.0. The van der Waals surface area contributed by atoms with Crippen LogP contribution in [-0.4, -0.2) is 93.9 Å². The monoisotopic (exact) mass is 673 g/mol. The first-order valence-corrected chi connectivity index (χ1v) is 17.3. The maximum Gasteiger partial charge on any atom is 0.410 e. The zero-order chi connectivity index (χ0) is 33.8. The van der Waals surface area contributed by atoms with Crippen molar-refractivity contribution in [3.05, 3.63) is 69.1 Å². The molecule has 2 amide bonds. The highest BCUT2D eigenvalue weighted by Crippen LogP contribution is 2.33. The number of aromatic amines is 1. The first-order valence-electron chi connectivity index (χ1n) is 16.9. The van der Waals surface area contributed by atoms with Crippen LogP contribution in [0.1, 0.15) is 55.7 Å². The van der Waals surface area contributed by atoms with E-state index in [-0.39, 0.29) is 24.1 Å². The van der Waals surface area contributed by atoms with E-state index in [1.54, 1.807) is 17.0 Å². The summed E-state index contributed by atoms with van der Waals surface area (Å²) >= 11 is 6.38. The van der Waals surface area contributed by atoms with Gasteiger partial charge in [0, 0.05) is 43.7 Å². The number of nitrogens with two attached hydrogens (primary N) is 1. The Morgan fingerprint density at radius 3 is 2.27 bits per heavy atom. The Bertz CT molecular complexity index is 1690. The van der Waals surface area contributed by atoms with Crippen molar-refractivity contribution in [1.29, 1.82) is 0 Å². The number of carbonyl (C=O) groups is 2. The molecule has 11 nitrogen and oxygen atoms in total. The number of halogens is 1. The number of aromatic nitrogens is 3. The number of piperidine rings is 3. The van der Waals surface area contributed by atoms with E-state index in [2.05, 4.69) is 28.0 Å². The molecule has 2 aromatic carbocycles. The van der Waals surface area contributed by atoms with E-state index < -0.39 is 12.2 Å². The zero-order valence-electron chi connectivity index (χ0n) is 27.4. The number of carbonyl (C=O) groups excluding carboxylic acids is 2. The van der Waals surface area contributed by atoms with E-state index in [9.17, 15) is 14.4 Å². The van der Waals surface area contributed by atoms with E-state index in [4.69, 9.17) is 28.5 Å². The molecule has 3 aliphatic rings. The number of benzene rings is 2. The summed E-state index contributed by atoms with van der Waals surface area (Å²) in [7, 11) is 2.17. The van der Waals surface area contributed by atoms with Crippen molar-refractivity contribution in [2.24, 2.45) is 11.8 Å². The van der Waals surface area contributed by atoms with Crippen molar-refractivity contribution >= 4 is 29.3 Å². The van der Waals surface area contributed by atoms with Gasteiger partial charge in [0.25, 0.3) is 5.91 Å². The molecule has 1 aromatic heterocycles. The molecule has 0 radical (unpaired) electrons. The van der Waals surface area contributed by atoms with Crippen molar-refractivity contribution in [2.75, 3.05) is 52.0 Å².